The van der Waals surface area contributed by atoms with Crippen LogP contribution in [0.3, 0.4) is 0 Å². The number of aliphatic hydroxyl groups is 1. The Morgan fingerprint density at radius 3 is 2.43 bits per heavy atom. The van der Waals surface area contributed by atoms with Crippen molar-refractivity contribution in [3.05, 3.63) is 0 Å². The molecular weight excluding hydrogens is 272 g/mol. The first-order valence-corrected chi connectivity index (χ1v) is 7.57. The maximum atomic E-state index is 12.1. The highest BCUT2D eigenvalue weighted by Crippen LogP contribution is 2.10. The molecule has 0 aliphatic carbocycles. The predicted octanol–water partition coefficient (Wildman–Crippen LogP) is 1.62. The van der Waals surface area contributed by atoms with Crippen molar-refractivity contribution in [1.29, 1.82) is 0 Å². The quantitative estimate of drug-likeness (QED) is 0.677. The Balaban J connectivity index is 4.39. The van der Waals surface area contributed by atoms with E-state index in [9.17, 15) is 9.90 Å². The summed E-state index contributed by atoms with van der Waals surface area (Å²) in [7, 11) is 1.67. The smallest absolute Gasteiger partial charge is 0.410 e. The van der Waals surface area contributed by atoms with Gasteiger partial charge in [0, 0.05) is 32.8 Å². The lowest BCUT2D eigenvalue weighted by atomic mass is 10.2. The van der Waals surface area contributed by atoms with E-state index in [0.717, 1.165) is 6.42 Å². The van der Waals surface area contributed by atoms with Crippen LogP contribution in [-0.4, -0.2) is 67.2 Å². The number of carbonyl (C=O) groups excluding carboxylic acids is 1. The van der Waals surface area contributed by atoms with Gasteiger partial charge in [0.2, 0.25) is 0 Å². The van der Waals surface area contributed by atoms with E-state index in [1.807, 2.05) is 20.8 Å². The Labute approximate surface area is 128 Å². The van der Waals surface area contributed by atoms with Gasteiger partial charge in [0.25, 0.3) is 0 Å². The Morgan fingerprint density at radius 2 is 2.00 bits per heavy atom. The molecule has 0 aliphatic rings. The monoisotopic (exact) mass is 304 g/mol. The van der Waals surface area contributed by atoms with E-state index in [4.69, 9.17) is 9.47 Å². The maximum Gasteiger partial charge on any atom is 0.410 e. The Hall–Kier alpha value is -0.850. The highest BCUT2D eigenvalue weighted by molar-refractivity contribution is 5.68. The van der Waals surface area contributed by atoms with Gasteiger partial charge in [-0.15, -0.1) is 0 Å². The van der Waals surface area contributed by atoms with Gasteiger partial charge in [-0.3, -0.25) is 0 Å². The summed E-state index contributed by atoms with van der Waals surface area (Å²) in [5.74, 6) is 0. The second-order valence-corrected chi connectivity index (χ2v) is 6.29. The summed E-state index contributed by atoms with van der Waals surface area (Å²) in [5.41, 5.74) is -0.538. The van der Waals surface area contributed by atoms with Crippen LogP contribution in [0.4, 0.5) is 4.79 Å². The van der Waals surface area contributed by atoms with Crippen LogP contribution in [0.25, 0.3) is 0 Å². The first-order chi connectivity index (χ1) is 9.69. The minimum atomic E-state index is -0.585. The molecule has 126 valence electrons. The number of amides is 1. The lowest BCUT2D eigenvalue weighted by Crippen LogP contribution is -2.45. The van der Waals surface area contributed by atoms with E-state index in [-0.39, 0.29) is 12.6 Å². The molecule has 0 radical (unpaired) electrons. The van der Waals surface area contributed by atoms with Crippen molar-refractivity contribution in [3.63, 3.8) is 0 Å². The van der Waals surface area contributed by atoms with E-state index in [2.05, 4.69) is 12.2 Å². The predicted molar refractivity (Wildman–Crippen MR) is 83.4 cm³/mol. The highest BCUT2D eigenvalue weighted by Gasteiger charge is 2.23. The first-order valence-electron chi connectivity index (χ1n) is 7.57. The molecule has 6 nitrogen and oxygen atoms in total. The largest absolute Gasteiger partial charge is 0.444 e. The fourth-order valence-corrected chi connectivity index (χ4v) is 1.83. The number of ether oxygens (including phenoxy) is 2. The highest BCUT2D eigenvalue weighted by atomic mass is 16.6. The van der Waals surface area contributed by atoms with Crippen LogP contribution in [0.2, 0.25) is 0 Å². The number of rotatable bonds is 9. The van der Waals surface area contributed by atoms with E-state index >= 15 is 0 Å². The molecule has 0 aromatic carbocycles. The summed E-state index contributed by atoms with van der Waals surface area (Å²) in [5, 5.41) is 12.9. The SMILES string of the molecule is CCC(COC)NCCN(CC(C)O)C(=O)OC(C)(C)C. The average molecular weight is 304 g/mol. The standard InChI is InChI=1S/C15H32N2O4/c1-7-13(11-20-6)16-8-9-17(10-12(2)18)14(19)21-15(3,4)5/h12-13,16,18H,7-11H2,1-6H3. The number of nitrogens with one attached hydrogen (secondary N) is 1. The summed E-state index contributed by atoms with van der Waals surface area (Å²) in [4.78, 5) is 13.6. The number of methoxy groups -OCH3 is 1. The van der Waals surface area contributed by atoms with Crippen molar-refractivity contribution in [2.45, 2.75) is 58.8 Å². The molecule has 1 amide bonds. The normalized spacial score (nSPS) is 14.6. The van der Waals surface area contributed by atoms with Gasteiger partial charge in [0.15, 0.2) is 0 Å². The van der Waals surface area contributed by atoms with E-state index in [1.165, 1.54) is 4.90 Å². The van der Waals surface area contributed by atoms with Crippen LogP contribution in [0.15, 0.2) is 0 Å². The zero-order valence-corrected chi connectivity index (χ0v) is 14.3. The molecule has 0 heterocycles. The fourth-order valence-electron chi connectivity index (χ4n) is 1.83. The van der Waals surface area contributed by atoms with Crippen LogP contribution in [0.1, 0.15) is 41.0 Å². The van der Waals surface area contributed by atoms with Crippen LogP contribution in [0.5, 0.6) is 0 Å². The third kappa shape index (κ3) is 10.5. The van der Waals surface area contributed by atoms with E-state index in [0.29, 0.717) is 19.7 Å². The lowest BCUT2D eigenvalue weighted by molar-refractivity contribution is 0.0161. The summed E-state index contributed by atoms with van der Waals surface area (Å²) in [6, 6.07) is 0.266. The Morgan fingerprint density at radius 1 is 1.38 bits per heavy atom. The molecule has 0 aliphatic heterocycles. The van der Waals surface area contributed by atoms with Gasteiger partial charge in [-0.1, -0.05) is 6.92 Å². The minimum absolute atomic E-state index is 0.262. The number of nitrogens with zero attached hydrogens (tertiary/aromatic N) is 1. The fraction of sp³-hybridized carbons (Fsp3) is 0.933. The van der Waals surface area contributed by atoms with Crippen LogP contribution >= 0.6 is 0 Å². The summed E-state index contributed by atoms with van der Waals surface area (Å²) in [6.07, 6.45) is -0.0279. The topological polar surface area (TPSA) is 71.0 Å². The molecule has 0 aromatic rings. The van der Waals surface area contributed by atoms with E-state index in [1.54, 1.807) is 14.0 Å². The molecule has 2 atom stereocenters. The number of hydrogen-bond acceptors (Lipinski definition) is 5. The summed E-state index contributed by atoms with van der Waals surface area (Å²) >= 11 is 0. The van der Waals surface area contributed by atoms with Gasteiger partial charge < -0.3 is 24.8 Å². The van der Waals surface area contributed by atoms with Gasteiger partial charge in [-0.05, 0) is 34.1 Å². The van der Waals surface area contributed by atoms with Crippen LogP contribution < -0.4 is 5.32 Å². The molecule has 0 spiro atoms. The first kappa shape index (κ1) is 20.1. The number of hydrogen-bond donors (Lipinski definition) is 2. The minimum Gasteiger partial charge on any atom is -0.444 e. The van der Waals surface area contributed by atoms with Crippen LogP contribution in [-0.2, 0) is 9.47 Å². The second-order valence-electron chi connectivity index (χ2n) is 6.29. The third-order valence-corrected chi connectivity index (χ3v) is 2.81. The van der Waals surface area contributed by atoms with Crippen LogP contribution in [0, 0.1) is 0 Å². The Bertz CT molecular complexity index is 290. The van der Waals surface area contributed by atoms with Gasteiger partial charge in [-0.2, -0.15) is 0 Å². The van der Waals surface area contributed by atoms with Crippen molar-refractivity contribution in [3.8, 4) is 0 Å². The van der Waals surface area contributed by atoms with Crippen molar-refractivity contribution in [2.24, 2.45) is 0 Å². The molecule has 2 N–H and O–H groups in total. The Kier molecular flexibility index (Phi) is 9.57. The molecule has 0 rings (SSSR count). The number of carbonyl (C=O) groups is 1. The maximum absolute atomic E-state index is 12.1. The molecule has 21 heavy (non-hydrogen) atoms. The average Bonchev–Trinajstić information content (AvgIpc) is 2.33. The third-order valence-electron chi connectivity index (χ3n) is 2.81. The molecule has 0 saturated carbocycles. The molecule has 0 saturated heterocycles. The van der Waals surface area contributed by atoms with Gasteiger partial charge in [0.1, 0.15) is 5.60 Å². The van der Waals surface area contributed by atoms with Crippen molar-refractivity contribution < 1.29 is 19.4 Å². The molecule has 0 aromatic heterocycles. The van der Waals surface area contributed by atoms with Crippen molar-refractivity contribution in [2.75, 3.05) is 33.4 Å². The molecule has 6 heteroatoms. The zero-order valence-electron chi connectivity index (χ0n) is 14.3. The summed E-state index contributed by atoms with van der Waals surface area (Å²) in [6.45, 7) is 11.2. The molecule has 0 bridgehead atoms. The van der Waals surface area contributed by atoms with Crippen molar-refractivity contribution >= 4 is 6.09 Å². The number of aliphatic hydroxyl groups excluding tert-OH is 1. The molecule has 2 unspecified atom stereocenters. The van der Waals surface area contributed by atoms with Gasteiger partial charge in [0.05, 0.1) is 12.7 Å². The van der Waals surface area contributed by atoms with Gasteiger partial charge >= 0.3 is 6.09 Å². The molecular formula is C15H32N2O4. The van der Waals surface area contributed by atoms with E-state index < -0.39 is 17.8 Å². The molecule has 0 fully saturated rings. The second kappa shape index (κ2) is 9.97. The zero-order chi connectivity index (χ0) is 16.5. The lowest BCUT2D eigenvalue weighted by Gasteiger charge is -2.29. The van der Waals surface area contributed by atoms with Gasteiger partial charge in [-0.25, -0.2) is 4.79 Å². The van der Waals surface area contributed by atoms with Crippen molar-refractivity contribution in [1.82, 2.24) is 10.2 Å². The summed E-state index contributed by atoms with van der Waals surface area (Å²) < 4.78 is 10.5.